The van der Waals surface area contributed by atoms with Gasteiger partial charge in [-0.15, -0.1) is 0 Å². The minimum Gasteiger partial charge on any atom is -0.475 e. The second-order valence-electron chi connectivity index (χ2n) is 7.98. The third kappa shape index (κ3) is 4.95. The van der Waals surface area contributed by atoms with E-state index >= 15 is 0 Å². The molecule has 0 aliphatic carbocycles. The second-order valence-corrected chi connectivity index (χ2v) is 7.98. The highest BCUT2D eigenvalue weighted by atomic mass is 19.4. The first-order chi connectivity index (χ1) is 17.5. The summed E-state index contributed by atoms with van der Waals surface area (Å²) in [5, 5.41) is 14.7. The fourth-order valence-corrected chi connectivity index (χ4v) is 3.87. The fourth-order valence-electron chi connectivity index (χ4n) is 3.87. The molecule has 1 atom stereocenters. The minimum absolute atomic E-state index is 0.0209. The Hall–Kier alpha value is -4.47. The number of hydrogen-bond donors (Lipinski definition) is 3. The number of carbonyl (C=O) groups is 2. The Morgan fingerprint density at radius 2 is 2.00 bits per heavy atom. The van der Waals surface area contributed by atoms with Gasteiger partial charge in [-0.3, -0.25) is 4.79 Å². The number of nitrogens with zero attached hydrogens (tertiary/aromatic N) is 6. The third-order valence-corrected chi connectivity index (χ3v) is 5.55. The zero-order valence-corrected chi connectivity index (χ0v) is 19.3. The van der Waals surface area contributed by atoms with Gasteiger partial charge in [0, 0.05) is 31.9 Å². The van der Waals surface area contributed by atoms with E-state index in [1.807, 2.05) is 11.5 Å². The lowest BCUT2D eigenvalue weighted by Gasteiger charge is -2.17. The number of aliphatic carboxylic acids is 1. The summed E-state index contributed by atoms with van der Waals surface area (Å²) in [6.45, 7) is 3.57. The molecule has 1 saturated heterocycles. The molecular formula is C21H21F3N8O5. The van der Waals surface area contributed by atoms with Crippen molar-refractivity contribution in [3.63, 3.8) is 0 Å². The summed E-state index contributed by atoms with van der Waals surface area (Å²) in [7, 11) is 0. The van der Waals surface area contributed by atoms with Crippen molar-refractivity contribution >= 4 is 28.7 Å². The quantitative estimate of drug-likeness (QED) is 0.356. The number of carboxylic acid groups (broad SMARTS) is 1. The molecule has 1 aliphatic rings. The molecule has 1 unspecified atom stereocenters. The largest absolute Gasteiger partial charge is 0.490 e. The Labute approximate surface area is 205 Å². The van der Waals surface area contributed by atoms with Gasteiger partial charge in [-0.1, -0.05) is 0 Å². The van der Waals surface area contributed by atoms with Gasteiger partial charge < -0.3 is 30.5 Å². The van der Waals surface area contributed by atoms with E-state index in [1.54, 1.807) is 29.5 Å². The zero-order valence-electron chi connectivity index (χ0n) is 19.3. The summed E-state index contributed by atoms with van der Waals surface area (Å²) in [5.74, 6) is -1.79. The monoisotopic (exact) mass is 522 g/mol. The van der Waals surface area contributed by atoms with Gasteiger partial charge in [-0.05, 0) is 35.8 Å². The number of nitrogens with two attached hydrogens (primary N) is 2. The molecule has 4 aromatic rings. The molecule has 0 spiro atoms. The molecule has 1 fully saturated rings. The number of likely N-dealkylation sites (tertiary alicyclic amines) is 1. The van der Waals surface area contributed by atoms with Crippen LogP contribution in [0.1, 0.15) is 23.7 Å². The predicted octanol–water partition coefficient (Wildman–Crippen LogP) is 2.15. The van der Waals surface area contributed by atoms with Gasteiger partial charge in [0.1, 0.15) is 11.2 Å². The van der Waals surface area contributed by atoms with Gasteiger partial charge in [0.2, 0.25) is 0 Å². The highest BCUT2D eigenvalue weighted by molar-refractivity contribution is 6.08. The van der Waals surface area contributed by atoms with Crippen LogP contribution in [0, 0.1) is 0 Å². The van der Waals surface area contributed by atoms with Crippen LogP contribution in [-0.4, -0.2) is 72.0 Å². The average Bonchev–Trinajstić information content (AvgIpc) is 3.64. The smallest absolute Gasteiger partial charge is 0.475 e. The van der Waals surface area contributed by atoms with Crippen LogP contribution in [0.4, 0.5) is 19.0 Å². The van der Waals surface area contributed by atoms with Crippen molar-refractivity contribution in [3.8, 4) is 23.0 Å². The summed E-state index contributed by atoms with van der Waals surface area (Å²) >= 11 is 0. The lowest BCUT2D eigenvalue weighted by Crippen LogP contribution is -2.32. The SMILES string of the molecule is CCn1c(-c2nonc2N)nc2c(-c3ccco3)ncc(C(=O)N3CCC(N)C3)c21.O=C(O)C(F)(F)F. The summed E-state index contributed by atoms with van der Waals surface area (Å²) in [5.41, 5.74) is 14.3. The molecule has 5 heterocycles. The normalized spacial score (nSPS) is 15.6. The summed E-state index contributed by atoms with van der Waals surface area (Å²) < 4.78 is 43.9. The number of pyridine rings is 1. The highest BCUT2D eigenvalue weighted by Crippen LogP contribution is 2.34. The van der Waals surface area contributed by atoms with Crippen LogP contribution in [0.3, 0.4) is 0 Å². The number of imidazole rings is 1. The Bertz CT molecular complexity index is 1430. The number of halogens is 3. The number of nitrogen functional groups attached to an aromatic ring is 1. The molecular weight excluding hydrogens is 501 g/mol. The van der Waals surface area contributed by atoms with E-state index in [0.29, 0.717) is 59.2 Å². The number of anilines is 1. The van der Waals surface area contributed by atoms with Gasteiger partial charge in [0.15, 0.2) is 23.1 Å². The number of carbonyl (C=O) groups excluding carboxylic acids is 1. The number of aromatic nitrogens is 5. The van der Waals surface area contributed by atoms with Gasteiger partial charge in [0.05, 0.1) is 17.3 Å². The molecule has 0 saturated carbocycles. The van der Waals surface area contributed by atoms with Crippen LogP contribution in [0.2, 0.25) is 0 Å². The first-order valence-corrected chi connectivity index (χ1v) is 10.9. The molecule has 1 aliphatic heterocycles. The van der Waals surface area contributed by atoms with Crippen LogP contribution < -0.4 is 11.5 Å². The Morgan fingerprint density at radius 1 is 1.27 bits per heavy atom. The zero-order chi connectivity index (χ0) is 26.9. The van der Waals surface area contributed by atoms with E-state index in [4.69, 9.17) is 35.4 Å². The maximum absolute atomic E-state index is 13.3. The number of alkyl halides is 3. The van der Waals surface area contributed by atoms with E-state index in [0.717, 1.165) is 6.42 Å². The topological polar surface area (TPSA) is 192 Å². The van der Waals surface area contributed by atoms with Crippen LogP contribution in [-0.2, 0) is 11.3 Å². The standard InChI is InChI=1S/C19H20N8O3.C2HF3O2/c1-2-27-16-11(19(28)26-6-5-10(20)9-26)8-22-13(12-4-3-7-29-12)14(16)23-18(27)15-17(21)25-30-24-15;3-2(4,5)1(6)7/h3-4,7-8,10H,2,5-6,9,20H2,1H3,(H2,21,25);(H,6,7). The summed E-state index contributed by atoms with van der Waals surface area (Å²) in [6.07, 6.45) is -1.19. The molecule has 1 amide bonds. The van der Waals surface area contributed by atoms with Crippen LogP contribution >= 0.6 is 0 Å². The number of rotatable bonds is 4. The number of fused-ring (bicyclic) bond motifs is 1. The van der Waals surface area contributed by atoms with Crippen molar-refractivity contribution in [1.29, 1.82) is 0 Å². The molecule has 5 rings (SSSR count). The molecule has 0 aromatic carbocycles. The fraction of sp³-hybridized carbons (Fsp3) is 0.333. The number of aryl methyl sites for hydroxylation is 1. The first-order valence-electron chi connectivity index (χ1n) is 10.9. The Morgan fingerprint density at radius 3 is 2.51 bits per heavy atom. The second kappa shape index (κ2) is 9.88. The van der Waals surface area contributed by atoms with E-state index < -0.39 is 12.1 Å². The van der Waals surface area contributed by atoms with E-state index in [2.05, 4.69) is 15.3 Å². The third-order valence-electron chi connectivity index (χ3n) is 5.55. The van der Waals surface area contributed by atoms with E-state index in [1.165, 1.54) is 0 Å². The van der Waals surface area contributed by atoms with Crippen molar-refractivity contribution in [3.05, 3.63) is 30.2 Å². The average molecular weight is 522 g/mol. The van der Waals surface area contributed by atoms with Crippen molar-refractivity contribution in [2.24, 2.45) is 5.73 Å². The van der Waals surface area contributed by atoms with Crippen molar-refractivity contribution in [1.82, 2.24) is 29.7 Å². The van der Waals surface area contributed by atoms with Crippen molar-refractivity contribution in [2.75, 3.05) is 18.8 Å². The van der Waals surface area contributed by atoms with Crippen LogP contribution in [0.15, 0.2) is 33.6 Å². The Kier molecular flexibility index (Phi) is 6.84. The lowest BCUT2D eigenvalue weighted by atomic mass is 10.1. The van der Waals surface area contributed by atoms with E-state index in [9.17, 15) is 18.0 Å². The molecule has 37 heavy (non-hydrogen) atoms. The predicted molar refractivity (Wildman–Crippen MR) is 121 cm³/mol. The van der Waals surface area contributed by atoms with Crippen LogP contribution in [0.25, 0.3) is 34.0 Å². The Balaban J connectivity index is 0.000000405. The van der Waals surface area contributed by atoms with Crippen molar-refractivity contribution in [2.45, 2.75) is 32.1 Å². The van der Waals surface area contributed by atoms with Gasteiger partial charge in [-0.25, -0.2) is 19.4 Å². The number of furan rings is 1. The highest BCUT2D eigenvalue weighted by Gasteiger charge is 2.38. The molecule has 13 nitrogen and oxygen atoms in total. The molecule has 4 aromatic heterocycles. The lowest BCUT2D eigenvalue weighted by molar-refractivity contribution is -0.192. The number of amides is 1. The molecule has 0 radical (unpaired) electrons. The molecule has 16 heteroatoms. The molecule has 0 bridgehead atoms. The van der Waals surface area contributed by atoms with Gasteiger partial charge in [-0.2, -0.15) is 13.2 Å². The molecule has 196 valence electrons. The number of carboxylic acids is 1. The first kappa shape index (κ1) is 25.6. The summed E-state index contributed by atoms with van der Waals surface area (Å²) in [6, 6.07) is 3.54. The maximum Gasteiger partial charge on any atom is 0.490 e. The minimum atomic E-state index is -5.08. The van der Waals surface area contributed by atoms with Crippen LogP contribution in [0.5, 0.6) is 0 Å². The van der Waals surface area contributed by atoms with Crippen molar-refractivity contribution < 1.29 is 36.9 Å². The molecule has 5 N–H and O–H groups in total. The van der Waals surface area contributed by atoms with Gasteiger partial charge >= 0.3 is 12.1 Å². The van der Waals surface area contributed by atoms with Gasteiger partial charge in [0.25, 0.3) is 5.91 Å². The van der Waals surface area contributed by atoms with E-state index in [-0.39, 0.29) is 17.8 Å². The number of hydrogen-bond acceptors (Lipinski definition) is 10. The maximum atomic E-state index is 13.3. The summed E-state index contributed by atoms with van der Waals surface area (Å²) in [4.78, 5) is 33.2.